The minimum atomic E-state index is -4.13. The van der Waals surface area contributed by atoms with Crippen LogP contribution in [0.4, 0.5) is 13.2 Å². The Labute approximate surface area is 150 Å². The molecule has 26 heavy (non-hydrogen) atoms. The molecule has 0 spiro atoms. The van der Waals surface area contributed by atoms with Crippen molar-refractivity contribution >= 4 is 5.78 Å². The van der Waals surface area contributed by atoms with E-state index in [9.17, 15) is 18.0 Å². The van der Waals surface area contributed by atoms with E-state index in [0.717, 1.165) is 13.0 Å². The van der Waals surface area contributed by atoms with Gasteiger partial charge in [-0.3, -0.25) is 4.79 Å². The summed E-state index contributed by atoms with van der Waals surface area (Å²) in [5, 5.41) is 3.18. The molecular formula is C18H23F3N2O3. The second-order valence-electron chi connectivity index (χ2n) is 6.97. The van der Waals surface area contributed by atoms with Gasteiger partial charge in [0.2, 0.25) is 0 Å². The van der Waals surface area contributed by atoms with Crippen molar-refractivity contribution in [2.75, 3.05) is 26.8 Å². The van der Waals surface area contributed by atoms with E-state index < -0.39 is 12.1 Å². The van der Waals surface area contributed by atoms with Gasteiger partial charge in [-0.15, -0.1) is 0 Å². The smallest absolute Gasteiger partial charge is 0.391 e. The zero-order chi connectivity index (χ0) is 18.7. The highest BCUT2D eigenvalue weighted by atomic mass is 19.4. The summed E-state index contributed by atoms with van der Waals surface area (Å²) < 4.78 is 48.8. The number of halogens is 3. The van der Waals surface area contributed by atoms with Gasteiger partial charge in [-0.2, -0.15) is 13.2 Å². The lowest BCUT2D eigenvalue weighted by Gasteiger charge is -2.36. The van der Waals surface area contributed by atoms with Gasteiger partial charge >= 0.3 is 6.18 Å². The van der Waals surface area contributed by atoms with E-state index in [2.05, 4.69) is 10.3 Å². The molecule has 8 heteroatoms. The van der Waals surface area contributed by atoms with Crippen molar-refractivity contribution < 1.29 is 27.4 Å². The number of nitrogens with one attached hydrogen (secondary N) is 1. The topological polar surface area (TPSA) is 60.5 Å². The van der Waals surface area contributed by atoms with Gasteiger partial charge in [-0.1, -0.05) is 0 Å². The number of carbonyl (C=O) groups excluding carboxylic acids is 1. The summed E-state index contributed by atoms with van der Waals surface area (Å²) in [6.07, 6.45) is -1.91. The monoisotopic (exact) mass is 372 g/mol. The molecule has 1 aliphatic heterocycles. The van der Waals surface area contributed by atoms with E-state index in [0.29, 0.717) is 12.3 Å². The van der Waals surface area contributed by atoms with Crippen molar-refractivity contribution in [1.29, 1.82) is 0 Å². The summed E-state index contributed by atoms with van der Waals surface area (Å²) >= 11 is 0. The largest absolute Gasteiger partial charge is 0.491 e. The lowest BCUT2D eigenvalue weighted by Crippen LogP contribution is -2.45. The van der Waals surface area contributed by atoms with Gasteiger partial charge in [-0.25, -0.2) is 4.98 Å². The van der Waals surface area contributed by atoms with E-state index in [1.165, 1.54) is 6.20 Å². The van der Waals surface area contributed by atoms with Crippen LogP contribution in [-0.4, -0.2) is 49.9 Å². The first-order valence-corrected chi connectivity index (χ1v) is 8.82. The van der Waals surface area contributed by atoms with Crippen LogP contribution in [0.15, 0.2) is 18.3 Å². The van der Waals surface area contributed by atoms with Gasteiger partial charge in [0.1, 0.15) is 11.4 Å². The number of ether oxygens (including phenoxy) is 2. The highest BCUT2D eigenvalue weighted by Gasteiger charge is 2.48. The Balaban J connectivity index is 1.62. The van der Waals surface area contributed by atoms with Gasteiger partial charge in [0.25, 0.3) is 0 Å². The number of hydrogen-bond donors (Lipinski definition) is 1. The first-order chi connectivity index (χ1) is 12.4. The molecule has 0 aromatic carbocycles. The van der Waals surface area contributed by atoms with Crippen LogP contribution < -0.4 is 10.1 Å². The van der Waals surface area contributed by atoms with Crippen LogP contribution >= 0.6 is 0 Å². The number of hydrogen-bond acceptors (Lipinski definition) is 5. The van der Waals surface area contributed by atoms with Crippen molar-refractivity contribution in [3.63, 3.8) is 0 Å². The summed E-state index contributed by atoms with van der Waals surface area (Å²) in [4.78, 5) is 17.1. The number of Topliss-reactive ketones (excluding diaryl/α,β-unsaturated/α-hetero) is 1. The predicted octanol–water partition coefficient (Wildman–Crippen LogP) is 2.86. The molecular weight excluding hydrogens is 349 g/mol. The Hall–Kier alpha value is -1.67. The van der Waals surface area contributed by atoms with Crippen LogP contribution in [0.3, 0.4) is 0 Å². The van der Waals surface area contributed by atoms with Gasteiger partial charge in [0.15, 0.2) is 5.78 Å². The van der Waals surface area contributed by atoms with E-state index in [-0.39, 0.29) is 48.9 Å². The fourth-order valence-corrected chi connectivity index (χ4v) is 3.59. The quantitative estimate of drug-likeness (QED) is 0.778. The molecule has 2 fully saturated rings. The first kappa shape index (κ1) is 19.1. The Morgan fingerprint density at radius 2 is 2.15 bits per heavy atom. The third-order valence-electron chi connectivity index (χ3n) is 5.24. The minimum absolute atomic E-state index is 0.0747. The maximum absolute atomic E-state index is 12.9. The molecule has 2 aliphatic rings. The maximum Gasteiger partial charge on any atom is 0.391 e. The molecule has 0 bridgehead atoms. The average molecular weight is 372 g/mol. The molecule has 2 atom stereocenters. The Morgan fingerprint density at radius 3 is 2.85 bits per heavy atom. The van der Waals surface area contributed by atoms with Crippen LogP contribution in [0.1, 0.15) is 29.8 Å². The van der Waals surface area contributed by atoms with E-state index >= 15 is 0 Å². The van der Waals surface area contributed by atoms with Crippen molar-refractivity contribution in [3.8, 4) is 5.75 Å². The molecule has 5 nitrogen and oxygen atoms in total. The third-order valence-corrected chi connectivity index (χ3v) is 5.24. The maximum atomic E-state index is 12.9. The molecule has 2 heterocycles. The van der Waals surface area contributed by atoms with Crippen LogP contribution in [0.2, 0.25) is 0 Å². The van der Waals surface area contributed by atoms with E-state index in [1.807, 2.05) is 0 Å². The zero-order valence-electron chi connectivity index (χ0n) is 14.6. The number of rotatable bonds is 6. The molecule has 1 aromatic rings. The second-order valence-corrected chi connectivity index (χ2v) is 6.97. The summed E-state index contributed by atoms with van der Waals surface area (Å²) in [5.41, 5.74) is 0.218. The van der Waals surface area contributed by atoms with Gasteiger partial charge < -0.3 is 14.8 Å². The number of piperidine rings is 1. The van der Waals surface area contributed by atoms with Crippen molar-refractivity contribution in [2.45, 2.75) is 31.5 Å². The fraction of sp³-hybridized carbons (Fsp3) is 0.667. The number of ketones is 1. The number of aromatic nitrogens is 1. The standard InChI is InChI=1S/C18H23F3N2O3/c1-25-14-4-6-22-9-13(14)17(24)16-15(3-2-5-23-16)26-10-11-7-12(8-11)18(19,20)21/h2-3,5,11-14,22H,4,6-10H2,1H3. The normalized spacial score (nSPS) is 29.1. The Morgan fingerprint density at radius 1 is 1.38 bits per heavy atom. The SMILES string of the molecule is COC1CCNCC1C(=O)c1ncccc1OCC1CC(C(F)(F)F)C1. The molecule has 1 saturated heterocycles. The Kier molecular flexibility index (Phi) is 5.82. The second kappa shape index (κ2) is 7.92. The van der Waals surface area contributed by atoms with Crippen molar-refractivity contribution in [3.05, 3.63) is 24.0 Å². The summed E-state index contributed by atoms with van der Waals surface area (Å²) in [6, 6.07) is 3.29. The van der Waals surface area contributed by atoms with Crippen LogP contribution in [0.25, 0.3) is 0 Å². The van der Waals surface area contributed by atoms with Gasteiger partial charge in [0, 0.05) is 19.9 Å². The molecule has 1 N–H and O–H groups in total. The number of carbonyl (C=O) groups is 1. The third kappa shape index (κ3) is 4.17. The van der Waals surface area contributed by atoms with Gasteiger partial charge in [-0.05, 0) is 43.9 Å². The van der Waals surface area contributed by atoms with E-state index in [1.54, 1.807) is 19.2 Å². The summed E-state index contributed by atoms with van der Waals surface area (Å²) in [7, 11) is 1.58. The molecule has 1 saturated carbocycles. The number of methoxy groups -OCH3 is 1. The summed E-state index contributed by atoms with van der Waals surface area (Å²) in [5.74, 6) is -1.58. The fourth-order valence-electron chi connectivity index (χ4n) is 3.59. The number of pyridine rings is 1. The molecule has 3 rings (SSSR count). The number of alkyl halides is 3. The summed E-state index contributed by atoms with van der Waals surface area (Å²) in [6.45, 7) is 1.45. The van der Waals surface area contributed by atoms with Gasteiger partial charge in [0.05, 0.1) is 24.5 Å². The van der Waals surface area contributed by atoms with Crippen molar-refractivity contribution in [2.24, 2.45) is 17.8 Å². The predicted molar refractivity (Wildman–Crippen MR) is 88.1 cm³/mol. The Bertz CT molecular complexity index is 632. The lowest BCUT2D eigenvalue weighted by molar-refractivity contribution is -0.206. The molecule has 2 unspecified atom stereocenters. The molecule has 0 amide bonds. The highest BCUT2D eigenvalue weighted by molar-refractivity contribution is 5.99. The number of nitrogens with zero attached hydrogens (tertiary/aromatic N) is 1. The molecule has 1 aliphatic carbocycles. The van der Waals surface area contributed by atoms with Crippen molar-refractivity contribution in [1.82, 2.24) is 10.3 Å². The molecule has 0 radical (unpaired) electrons. The molecule has 1 aromatic heterocycles. The molecule has 144 valence electrons. The highest BCUT2D eigenvalue weighted by Crippen LogP contribution is 2.44. The first-order valence-electron chi connectivity index (χ1n) is 8.82. The van der Waals surface area contributed by atoms with E-state index in [4.69, 9.17) is 9.47 Å². The zero-order valence-corrected chi connectivity index (χ0v) is 14.6. The lowest BCUT2D eigenvalue weighted by atomic mass is 9.75. The van der Waals surface area contributed by atoms with Crippen LogP contribution in [0, 0.1) is 17.8 Å². The average Bonchev–Trinajstić information content (AvgIpc) is 2.59. The minimum Gasteiger partial charge on any atom is -0.491 e. The van der Waals surface area contributed by atoms with Crippen LogP contribution in [-0.2, 0) is 4.74 Å². The van der Waals surface area contributed by atoms with Crippen LogP contribution in [0.5, 0.6) is 5.75 Å².